The Bertz CT molecular complexity index is 708. The Hall–Kier alpha value is -2.72. The maximum absolute atomic E-state index is 12.8. The lowest BCUT2D eigenvalue weighted by molar-refractivity contribution is -0.123. The Balaban J connectivity index is 0.000000672. The van der Waals surface area contributed by atoms with E-state index in [1.54, 1.807) is 13.2 Å². The van der Waals surface area contributed by atoms with Crippen molar-refractivity contribution in [2.75, 3.05) is 34.3 Å². The number of fused-ring (bicyclic) bond motifs is 1. The summed E-state index contributed by atoms with van der Waals surface area (Å²) in [4.78, 5) is 37.7. The molecule has 10 nitrogen and oxygen atoms in total. The summed E-state index contributed by atoms with van der Waals surface area (Å²) in [6, 6.07) is 2.06. The van der Waals surface area contributed by atoms with Crippen molar-refractivity contribution in [2.24, 2.45) is 11.8 Å². The van der Waals surface area contributed by atoms with Crippen LogP contribution in [0.3, 0.4) is 0 Å². The number of hydrogen-bond acceptors (Lipinski definition) is 7. The summed E-state index contributed by atoms with van der Waals surface area (Å²) < 4.78 is 5.70. The number of likely N-dealkylation sites (tertiary alicyclic amines) is 1. The van der Waals surface area contributed by atoms with Crippen LogP contribution in [0.4, 0.5) is 0 Å². The fraction of sp³-hybridized carbons (Fsp3) is 0.600. The number of ether oxygens (including phenoxy) is 1. The fourth-order valence-corrected chi connectivity index (χ4v) is 4.25. The smallest absolute Gasteiger partial charge is 0.290 e. The molecular weight excluding hydrogens is 394 g/mol. The third kappa shape index (κ3) is 6.39. The quantitative estimate of drug-likeness (QED) is 0.603. The average Bonchev–Trinajstić information content (AvgIpc) is 3.12. The molecule has 0 unspecified atom stereocenters. The molecule has 1 aromatic heterocycles. The molecule has 3 N–H and O–H groups in total. The molecule has 1 aromatic rings. The summed E-state index contributed by atoms with van der Waals surface area (Å²) in [6.45, 7) is 2.82. The van der Waals surface area contributed by atoms with Gasteiger partial charge in [0.15, 0.2) is 0 Å². The Morgan fingerprint density at radius 1 is 1.20 bits per heavy atom. The average molecular weight is 425 g/mol. The highest BCUT2D eigenvalue weighted by Crippen LogP contribution is 2.39. The van der Waals surface area contributed by atoms with E-state index in [2.05, 4.69) is 24.0 Å². The van der Waals surface area contributed by atoms with Crippen molar-refractivity contribution in [1.29, 1.82) is 0 Å². The van der Waals surface area contributed by atoms with Crippen molar-refractivity contribution < 1.29 is 34.4 Å². The number of hydrogen-bond donors (Lipinski definition) is 3. The molecule has 168 valence electrons. The number of aromatic nitrogens is 1. The van der Waals surface area contributed by atoms with E-state index in [1.165, 1.54) is 6.20 Å². The second kappa shape index (κ2) is 12.1. The number of nitrogens with zero attached hydrogens (tertiary/aromatic N) is 3. The first kappa shape index (κ1) is 25.3. The number of aromatic hydroxyl groups is 1. The minimum absolute atomic E-state index is 0.0404. The van der Waals surface area contributed by atoms with Crippen LogP contribution in [0, 0.1) is 18.8 Å². The number of rotatable bonds is 3. The Morgan fingerprint density at radius 3 is 2.23 bits per heavy atom. The van der Waals surface area contributed by atoms with Crippen LogP contribution < -0.4 is 0 Å². The van der Waals surface area contributed by atoms with Crippen molar-refractivity contribution in [3.63, 3.8) is 0 Å². The molecule has 10 heteroatoms. The standard InChI is InChI=1S/C18H27N3O3.2CH2O2/c1-11-5-14(16(22)8-19-11)18(23)21-9-12-6-15(20(2)3)17(24-4)7-13(12)10-21;2*2-1-3/h5,8,12-13,15,17,22H,6-7,9-10H2,1-4H3;2*1H,(H,2,3)/t12-,13+,15-,17-;;/m1../s1. The monoisotopic (exact) mass is 425 g/mol. The molecule has 30 heavy (non-hydrogen) atoms. The first-order valence-electron chi connectivity index (χ1n) is 9.53. The zero-order valence-electron chi connectivity index (χ0n) is 17.8. The lowest BCUT2D eigenvalue weighted by atomic mass is 9.77. The summed E-state index contributed by atoms with van der Waals surface area (Å²) in [7, 11) is 5.95. The van der Waals surface area contributed by atoms with Gasteiger partial charge in [-0.1, -0.05) is 0 Å². The summed E-state index contributed by atoms with van der Waals surface area (Å²) in [5.74, 6) is 0.835. The summed E-state index contributed by atoms with van der Waals surface area (Å²) in [5, 5.41) is 23.8. The predicted molar refractivity (Wildman–Crippen MR) is 108 cm³/mol. The largest absolute Gasteiger partial charge is 0.505 e. The first-order valence-corrected chi connectivity index (χ1v) is 9.53. The van der Waals surface area contributed by atoms with Gasteiger partial charge in [-0.05, 0) is 51.8 Å². The molecule has 0 spiro atoms. The molecule has 1 saturated carbocycles. The molecule has 0 aromatic carbocycles. The summed E-state index contributed by atoms with van der Waals surface area (Å²) in [5.41, 5.74) is 1.09. The maximum Gasteiger partial charge on any atom is 0.290 e. The second-order valence-electron chi connectivity index (χ2n) is 7.56. The van der Waals surface area contributed by atoms with Crippen molar-refractivity contribution >= 4 is 18.9 Å². The minimum atomic E-state index is -0.250. The van der Waals surface area contributed by atoms with Gasteiger partial charge in [0.2, 0.25) is 0 Å². The summed E-state index contributed by atoms with van der Waals surface area (Å²) in [6.07, 6.45) is 3.60. The molecule has 4 atom stereocenters. The van der Waals surface area contributed by atoms with Crippen LogP contribution in [0.25, 0.3) is 0 Å². The third-order valence-corrected chi connectivity index (χ3v) is 5.59. The van der Waals surface area contributed by atoms with Gasteiger partial charge in [0.25, 0.3) is 18.9 Å². The zero-order valence-corrected chi connectivity index (χ0v) is 17.8. The normalized spacial score (nSPS) is 24.6. The van der Waals surface area contributed by atoms with Gasteiger partial charge in [0.05, 0.1) is 17.9 Å². The highest BCUT2D eigenvalue weighted by atomic mass is 16.5. The maximum atomic E-state index is 12.8. The number of aryl methyl sites for hydroxylation is 1. The first-order chi connectivity index (χ1) is 14.2. The number of methoxy groups -OCH3 is 1. The lowest BCUT2D eigenvalue weighted by Gasteiger charge is -2.40. The highest BCUT2D eigenvalue weighted by Gasteiger charge is 2.44. The van der Waals surface area contributed by atoms with Gasteiger partial charge in [-0.3, -0.25) is 19.4 Å². The molecule has 0 radical (unpaired) electrons. The molecule has 1 saturated heterocycles. The lowest BCUT2D eigenvalue weighted by Crippen LogP contribution is -2.47. The molecule has 2 aliphatic rings. The minimum Gasteiger partial charge on any atom is -0.505 e. The highest BCUT2D eigenvalue weighted by molar-refractivity contribution is 5.97. The summed E-state index contributed by atoms with van der Waals surface area (Å²) >= 11 is 0. The van der Waals surface area contributed by atoms with Gasteiger partial charge in [-0.15, -0.1) is 0 Å². The Kier molecular flexibility index (Phi) is 10.2. The molecule has 2 heterocycles. The molecule has 1 aliphatic heterocycles. The van der Waals surface area contributed by atoms with E-state index in [9.17, 15) is 9.90 Å². The number of amides is 1. The van der Waals surface area contributed by atoms with Gasteiger partial charge in [-0.25, -0.2) is 0 Å². The van der Waals surface area contributed by atoms with Crippen LogP contribution in [0.5, 0.6) is 5.75 Å². The van der Waals surface area contributed by atoms with E-state index in [0.717, 1.165) is 31.6 Å². The van der Waals surface area contributed by atoms with Crippen LogP contribution in [0.1, 0.15) is 28.9 Å². The van der Waals surface area contributed by atoms with E-state index in [4.69, 9.17) is 24.5 Å². The molecule has 1 amide bonds. The Morgan fingerprint density at radius 2 is 1.73 bits per heavy atom. The van der Waals surface area contributed by atoms with Crippen LogP contribution in [0.15, 0.2) is 12.3 Å². The zero-order chi connectivity index (χ0) is 22.8. The van der Waals surface area contributed by atoms with Gasteiger partial charge in [0, 0.05) is 31.9 Å². The number of carboxylic acid groups (broad SMARTS) is 2. The molecular formula is C20H31N3O7. The molecule has 1 aliphatic carbocycles. The van der Waals surface area contributed by atoms with Crippen molar-refractivity contribution in [3.05, 3.63) is 23.5 Å². The van der Waals surface area contributed by atoms with Gasteiger partial charge in [-0.2, -0.15) is 0 Å². The predicted octanol–water partition coefficient (Wildman–Crippen LogP) is 0.924. The molecule has 3 rings (SSSR count). The topological polar surface area (TPSA) is 140 Å². The fourth-order valence-electron chi connectivity index (χ4n) is 4.25. The third-order valence-electron chi connectivity index (χ3n) is 5.59. The van der Waals surface area contributed by atoms with Crippen molar-refractivity contribution in [2.45, 2.75) is 31.9 Å². The molecule has 2 fully saturated rings. The van der Waals surface area contributed by atoms with Gasteiger partial charge >= 0.3 is 0 Å². The van der Waals surface area contributed by atoms with Crippen LogP contribution in [-0.4, -0.2) is 95.4 Å². The van der Waals surface area contributed by atoms with Crippen LogP contribution >= 0.6 is 0 Å². The van der Waals surface area contributed by atoms with E-state index < -0.39 is 0 Å². The van der Waals surface area contributed by atoms with Crippen LogP contribution in [-0.2, 0) is 14.3 Å². The Labute approximate surface area is 176 Å². The molecule has 0 bridgehead atoms. The van der Waals surface area contributed by atoms with Gasteiger partial charge in [0.1, 0.15) is 5.75 Å². The van der Waals surface area contributed by atoms with Crippen molar-refractivity contribution in [1.82, 2.24) is 14.8 Å². The number of carbonyl (C=O) groups excluding carboxylic acids is 1. The van der Waals surface area contributed by atoms with E-state index >= 15 is 0 Å². The van der Waals surface area contributed by atoms with E-state index in [1.807, 2.05) is 11.8 Å². The number of pyridine rings is 1. The number of carbonyl (C=O) groups is 3. The number of likely N-dealkylation sites (N-methyl/N-ethyl adjacent to an activating group) is 1. The van der Waals surface area contributed by atoms with Crippen LogP contribution in [0.2, 0.25) is 0 Å². The van der Waals surface area contributed by atoms with E-state index in [0.29, 0.717) is 23.4 Å². The van der Waals surface area contributed by atoms with Crippen molar-refractivity contribution in [3.8, 4) is 5.75 Å². The van der Waals surface area contributed by atoms with Gasteiger partial charge < -0.3 is 29.9 Å². The SMILES string of the molecule is CO[C@@H]1C[C@H]2CN(C(=O)c3cc(C)ncc3O)C[C@H]2C[C@H]1N(C)C.O=CO.O=CO. The second-order valence-corrected chi connectivity index (χ2v) is 7.56. The van der Waals surface area contributed by atoms with E-state index in [-0.39, 0.29) is 30.7 Å².